The topological polar surface area (TPSA) is 66.8 Å². The number of hydrogen-bond acceptors (Lipinski definition) is 3. The van der Waals surface area contributed by atoms with Gasteiger partial charge in [0.25, 0.3) is 0 Å². The lowest BCUT2D eigenvalue weighted by Crippen LogP contribution is -2.49. The Morgan fingerprint density at radius 2 is 1.96 bits per heavy atom. The highest BCUT2D eigenvalue weighted by atomic mass is 16.5. The lowest BCUT2D eigenvalue weighted by Gasteiger charge is -2.37. The minimum atomic E-state index is -0.799. The van der Waals surface area contributed by atoms with Crippen molar-refractivity contribution in [2.45, 2.75) is 70.4 Å². The zero-order chi connectivity index (χ0) is 18.5. The van der Waals surface area contributed by atoms with Crippen molar-refractivity contribution in [3.63, 3.8) is 0 Å². The Balaban J connectivity index is 1.54. The number of rotatable bonds is 6. The number of amides is 1. The molecule has 2 fully saturated rings. The van der Waals surface area contributed by atoms with Crippen molar-refractivity contribution in [3.05, 3.63) is 29.8 Å². The Labute approximate surface area is 155 Å². The van der Waals surface area contributed by atoms with Crippen LogP contribution < -0.4 is 4.74 Å². The van der Waals surface area contributed by atoms with E-state index in [1.807, 2.05) is 31.2 Å². The van der Waals surface area contributed by atoms with E-state index in [1.165, 1.54) is 12.8 Å². The summed E-state index contributed by atoms with van der Waals surface area (Å²) in [5.74, 6) is -0.313. The third-order valence-electron chi connectivity index (χ3n) is 5.76. The molecule has 1 heterocycles. The van der Waals surface area contributed by atoms with Gasteiger partial charge in [-0.1, -0.05) is 12.1 Å². The smallest absolute Gasteiger partial charge is 0.308 e. The molecule has 1 aromatic carbocycles. The molecule has 142 valence electrons. The molecule has 0 aromatic heterocycles. The molecule has 0 spiro atoms. The number of carbonyl (C=O) groups is 2. The van der Waals surface area contributed by atoms with Gasteiger partial charge in [0.1, 0.15) is 5.75 Å². The maximum atomic E-state index is 12.6. The summed E-state index contributed by atoms with van der Waals surface area (Å²) in [6.45, 7) is 2.51. The minimum absolute atomic E-state index is 0.0468. The zero-order valence-corrected chi connectivity index (χ0v) is 15.5. The third kappa shape index (κ3) is 4.57. The van der Waals surface area contributed by atoms with E-state index in [2.05, 4.69) is 0 Å². The molecule has 0 unspecified atom stereocenters. The summed E-state index contributed by atoms with van der Waals surface area (Å²) >= 11 is 0. The lowest BCUT2D eigenvalue weighted by atomic mass is 9.90. The van der Waals surface area contributed by atoms with E-state index in [0.717, 1.165) is 30.6 Å². The van der Waals surface area contributed by atoms with Crippen LogP contribution in [-0.2, 0) is 16.0 Å². The number of piperidine rings is 1. The van der Waals surface area contributed by atoms with Gasteiger partial charge < -0.3 is 14.7 Å². The molecule has 1 N–H and O–H groups in total. The van der Waals surface area contributed by atoms with Crippen LogP contribution >= 0.6 is 0 Å². The van der Waals surface area contributed by atoms with Gasteiger partial charge in [-0.3, -0.25) is 9.59 Å². The molecule has 1 saturated carbocycles. The molecule has 3 rings (SSSR count). The Kier molecular flexibility index (Phi) is 6.17. The van der Waals surface area contributed by atoms with Gasteiger partial charge in [-0.2, -0.15) is 0 Å². The predicted octanol–water partition coefficient (Wildman–Crippen LogP) is 3.65. The first-order valence-electron chi connectivity index (χ1n) is 9.82. The maximum Gasteiger partial charge on any atom is 0.308 e. The molecule has 26 heavy (non-hydrogen) atoms. The van der Waals surface area contributed by atoms with Crippen LogP contribution in [0.2, 0.25) is 0 Å². The Morgan fingerprint density at radius 3 is 2.69 bits per heavy atom. The fraction of sp³-hybridized carbons (Fsp3) is 0.619. The van der Waals surface area contributed by atoms with Crippen molar-refractivity contribution in [1.29, 1.82) is 0 Å². The number of carboxylic acid groups (broad SMARTS) is 1. The molecular weight excluding hydrogens is 330 g/mol. The maximum absolute atomic E-state index is 12.6. The number of ether oxygens (including phenoxy) is 1. The fourth-order valence-corrected chi connectivity index (χ4v) is 4.19. The summed E-state index contributed by atoms with van der Waals surface area (Å²) in [4.78, 5) is 25.7. The molecule has 5 nitrogen and oxygen atoms in total. The van der Waals surface area contributed by atoms with Crippen LogP contribution in [0, 0.1) is 5.92 Å². The van der Waals surface area contributed by atoms with Crippen LogP contribution in [0.3, 0.4) is 0 Å². The SMILES string of the molecule is C[C@@H]1[C@H](C(=O)O)CCCN1C(=O)CCc1cccc(OC2CCCC2)c1. The second-order valence-corrected chi connectivity index (χ2v) is 7.59. The quantitative estimate of drug-likeness (QED) is 0.842. The highest BCUT2D eigenvalue weighted by Gasteiger charge is 2.34. The summed E-state index contributed by atoms with van der Waals surface area (Å²) < 4.78 is 6.04. The van der Waals surface area contributed by atoms with E-state index in [9.17, 15) is 14.7 Å². The van der Waals surface area contributed by atoms with E-state index in [0.29, 0.717) is 31.9 Å². The number of benzene rings is 1. The molecule has 1 aliphatic heterocycles. The number of likely N-dealkylation sites (tertiary alicyclic amines) is 1. The average Bonchev–Trinajstić information content (AvgIpc) is 3.13. The van der Waals surface area contributed by atoms with E-state index in [4.69, 9.17) is 4.74 Å². The molecule has 1 saturated heterocycles. The van der Waals surface area contributed by atoms with Crippen LogP contribution in [0.1, 0.15) is 57.4 Å². The molecule has 1 aromatic rings. The second kappa shape index (κ2) is 8.56. The van der Waals surface area contributed by atoms with E-state index >= 15 is 0 Å². The van der Waals surface area contributed by atoms with Gasteiger partial charge in [-0.25, -0.2) is 0 Å². The van der Waals surface area contributed by atoms with Crippen LogP contribution in [0.25, 0.3) is 0 Å². The number of aryl methyl sites for hydroxylation is 1. The number of aliphatic carboxylic acids is 1. The number of carboxylic acids is 1. The summed E-state index contributed by atoms with van der Waals surface area (Å²) in [5.41, 5.74) is 1.09. The van der Waals surface area contributed by atoms with Crippen molar-refractivity contribution in [2.24, 2.45) is 5.92 Å². The Hall–Kier alpha value is -2.04. The first-order valence-corrected chi connectivity index (χ1v) is 9.82. The van der Waals surface area contributed by atoms with Crippen molar-refractivity contribution in [1.82, 2.24) is 4.90 Å². The summed E-state index contributed by atoms with van der Waals surface area (Å²) in [6.07, 6.45) is 7.54. The van der Waals surface area contributed by atoms with Crippen LogP contribution in [0.15, 0.2) is 24.3 Å². The Bertz CT molecular complexity index is 639. The predicted molar refractivity (Wildman–Crippen MR) is 99.2 cm³/mol. The van der Waals surface area contributed by atoms with Crippen molar-refractivity contribution in [2.75, 3.05) is 6.54 Å². The molecule has 2 atom stereocenters. The van der Waals surface area contributed by atoms with Gasteiger partial charge in [0.2, 0.25) is 5.91 Å². The van der Waals surface area contributed by atoms with Gasteiger partial charge in [0.15, 0.2) is 0 Å². The summed E-state index contributed by atoms with van der Waals surface area (Å²) in [7, 11) is 0. The highest BCUT2D eigenvalue weighted by molar-refractivity contribution is 5.79. The van der Waals surface area contributed by atoms with Crippen molar-refractivity contribution >= 4 is 11.9 Å². The molecule has 2 aliphatic rings. The first kappa shape index (κ1) is 18.7. The Morgan fingerprint density at radius 1 is 1.19 bits per heavy atom. The number of hydrogen-bond donors (Lipinski definition) is 1. The minimum Gasteiger partial charge on any atom is -0.490 e. The van der Waals surface area contributed by atoms with Gasteiger partial charge >= 0.3 is 5.97 Å². The van der Waals surface area contributed by atoms with Gasteiger partial charge in [-0.05, 0) is 69.6 Å². The molecule has 1 aliphatic carbocycles. The van der Waals surface area contributed by atoms with Gasteiger partial charge in [-0.15, -0.1) is 0 Å². The lowest BCUT2D eigenvalue weighted by molar-refractivity contribution is -0.149. The summed E-state index contributed by atoms with van der Waals surface area (Å²) in [5, 5.41) is 9.31. The molecular formula is C21H29NO4. The van der Waals surface area contributed by atoms with Crippen LogP contribution in [-0.4, -0.2) is 40.6 Å². The molecule has 0 radical (unpaired) electrons. The number of carbonyl (C=O) groups excluding carboxylic acids is 1. The number of nitrogens with zero attached hydrogens (tertiary/aromatic N) is 1. The van der Waals surface area contributed by atoms with Gasteiger partial charge in [0.05, 0.1) is 12.0 Å². The first-order chi connectivity index (χ1) is 12.5. The van der Waals surface area contributed by atoms with Crippen LogP contribution in [0.4, 0.5) is 0 Å². The fourth-order valence-electron chi connectivity index (χ4n) is 4.19. The van der Waals surface area contributed by atoms with Crippen molar-refractivity contribution < 1.29 is 19.4 Å². The summed E-state index contributed by atoms with van der Waals surface area (Å²) in [6, 6.07) is 7.78. The van der Waals surface area contributed by atoms with Crippen LogP contribution in [0.5, 0.6) is 5.75 Å². The van der Waals surface area contributed by atoms with Crippen molar-refractivity contribution in [3.8, 4) is 5.75 Å². The van der Waals surface area contributed by atoms with Gasteiger partial charge in [0, 0.05) is 19.0 Å². The molecule has 1 amide bonds. The normalized spacial score (nSPS) is 23.8. The zero-order valence-electron chi connectivity index (χ0n) is 15.5. The van der Waals surface area contributed by atoms with E-state index in [-0.39, 0.29) is 11.9 Å². The van der Waals surface area contributed by atoms with E-state index in [1.54, 1.807) is 4.90 Å². The third-order valence-corrected chi connectivity index (χ3v) is 5.76. The standard InChI is InChI=1S/C21H29NO4/c1-15-19(21(24)25)10-5-13-22(15)20(23)12-11-16-6-4-9-18(14-16)26-17-7-2-3-8-17/h4,6,9,14-15,17,19H,2-3,5,7-8,10-13H2,1H3,(H,24,25)/t15-,19-/m1/s1. The largest absolute Gasteiger partial charge is 0.490 e. The molecule has 5 heteroatoms. The second-order valence-electron chi connectivity index (χ2n) is 7.59. The van der Waals surface area contributed by atoms with E-state index < -0.39 is 11.9 Å². The average molecular weight is 359 g/mol. The highest BCUT2D eigenvalue weighted by Crippen LogP contribution is 2.26. The molecule has 0 bridgehead atoms. The monoisotopic (exact) mass is 359 g/mol.